The molecular weight excluding hydrogens is 192 g/mol. The summed E-state index contributed by atoms with van der Waals surface area (Å²) in [6.45, 7) is 3.57. The van der Waals surface area contributed by atoms with E-state index in [1.807, 2.05) is 29.7 Å². The molecule has 4 heteroatoms. The first-order valence-corrected chi connectivity index (χ1v) is 4.59. The van der Waals surface area contributed by atoms with Gasteiger partial charge in [0.2, 0.25) is 0 Å². The standard InChI is InChI=1S/C11H14N2O2/c1-2-5-9-6-3-4-7-10(9)15-8-11(14)13-12/h2-4,6-7H,1,5,8,12H2,(H,13,14). The van der Waals surface area contributed by atoms with Crippen LogP contribution in [0.15, 0.2) is 36.9 Å². The van der Waals surface area contributed by atoms with Crippen molar-refractivity contribution in [1.82, 2.24) is 5.43 Å². The van der Waals surface area contributed by atoms with E-state index in [1.54, 1.807) is 6.08 Å². The van der Waals surface area contributed by atoms with Crippen LogP contribution in [-0.4, -0.2) is 12.5 Å². The second-order valence-electron chi connectivity index (χ2n) is 2.96. The molecule has 0 atom stereocenters. The summed E-state index contributed by atoms with van der Waals surface area (Å²) in [6, 6.07) is 7.50. The van der Waals surface area contributed by atoms with Crippen molar-refractivity contribution in [2.24, 2.45) is 5.84 Å². The lowest BCUT2D eigenvalue weighted by molar-refractivity contribution is -0.123. The van der Waals surface area contributed by atoms with E-state index in [0.717, 1.165) is 5.56 Å². The van der Waals surface area contributed by atoms with Gasteiger partial charge in [0, 0.05) is 0 Å². The molecule has 0 aliphatic heterocycles. The van der Waals surface area contributed by atoms with E-state index in [0.29, 0.717) is 12.2 Å². The number of carbonyl (C=O) groups excluding carboxylic acids is 1. The Bertz CT molecular complexity index is 350. The molecule has 0 saturated carbocycles. The van der Waals surface area contributed by atoms with E-state index < -0.39 is 0 Å². The van der Waals surface area contributed by atoms with E-state index in [1.165, 1.54) is 0 Å². The minimum Gasteiger partial charge on any atom is -0.483 e. The Morgan fingerprint density at radius 2 is 2.27 bits per heavy atom. The van der Waals surface area contributed by atoms with Crippen molar-refractivity contribution < 1.29 is 9.53 Å². The van der Waals surface area contributed by atoms with E-state index in [-0.39, 0.29) is 12.5 Å². The molecule has 0 aliphatic rings. The highest BCUT2D eigenvalue weighted by Gasteiger charge is 2.03. The van der Waals surface area contributed by atoms with Crippen LogP contribution < -0.4 is 16.0 Å². The molecule has 4 nitrogen and oxygen atoms in total. The molecule has 0 unspecified atom stereocenters. The smallest absolute Gasteiger partial charge is 0.271 e. The van der Waals surface area contributed by atoms with Crippen LogP contribution >= 0.6 is 0 Å². The van der Waals surface area contributed by atoms with Gasteiger partial charge < -0.3 is 4.74 Å². The molecule has 15 heavy (non-hydrogen) atoms. The number of hydrazine groups is 1. The van der Waals surface area contributed by atoms with Gasteiger partial charge in [-0.3, -0.25) is 10.2 Å². The first-order valence-electron chi connectivity index (χ1n) is 4.59. The number of rotatable bonds is 5. The maximum absolute atomic E-state index is 10.9. The largest absolute Gasteiger partial charge is 0.483 e. The number of hydrogen-bond acceptors (Lipinski definition) is 3. The topological polar surface area (TPSA) is 64.3 Å². The lowest BCUT2D eigenvalue weighted by atomic mass is 10.1. The lowest BCUT2D eigenvalue weighted by Gasteiger charge is -2.08. The number of nitrogens with two attached hydrogens (primary N) is 1. The maximum atomic E-state index is 10.9. The van der Waals surface area contributed by atoms with Crippen molar-refractivity contribution in [3.63, 3.8) is 0 Å². The normalized spacial score (nSPS) is 9.40. The number of amides is 1. The molecule has 1 rings (SSSR count). The first kappa shape index (κ1) is 11.3. The summed E-state index contributed by atoms with van der Waals surface area (Å²) < 4.78 is 5.30. The molecule has 3 N–H and O–H groups in total. The predicted molar refractivity (Wildman–Crippen MR) is 58.2 cm³/mol. The van der Waals surface area contributed by atoms with Gasteiger partial charge in [-0.05, 0) is 18.1 Å². The van der Waals surface area contributed by atoms with E-state index in [9.17, 15) is 4.79 Å². The molecule has 1 aromatic carbocycles. The van der Waals surface area contributed by atoms with Crippen molar-refractivity contribution in [3.8, 4) is 5.75 Å². The van der Waals surface area contributed by atoms with Crippen molar-refractivity contribution in [2.75, 3.05) is 6.61 Å². The molecule has 0 bridgehead atoms. The molecule has 0 heterocycles. The number of para-hydroxylation sites is 1. The Balaban J connectivity index is 2.66. The SMILES string of the molecule is C=CCc1ccccc1OCC(=O)NN. The van der Waals surface area contributed by atoms with Crippen LogP contribution in [0, 0.1) is 0 Å². The van der Waals surface area contributed by atoms with Gasteiger partial charge in [-0.25, -0.2) is 5.84 Å². The van der Waals surface area contributed by atoms with Crippen molar-refractivity contribution >= 4 is 5.91 Å². The number of benzene rings is 1. The summed E-state index contributed by atoms with van der Waals surface area (Å²) in [6.07, 6.45) is 2.49. The molecule has 0 aromatic heterocycles. The molecule has 0 aliphatic carbocycles. The minimum absolute atomic E-state index is 0.0787. The molecule has 0 spiro atoms. The third kappa shape index (κ3) is 3.44. The quantitative estimate of drug-likeness (QED) is 0.324. The summed E-state index contributed by atoms with van der Waals surface area (Å²) in [5.41, 5.74) is 3.00. The Morgan fingerprint density at radius 3 is 2.93 bits per heavy atom. The van der Waals surface area contributed by atoms with Gasteiger partial charge in [0.15, 0.2) is 6.61 Å². The molecule has 0 fully saturated rings. The van der Waals surface area contributed by atoms with Gasteiger partial charge in [0.05, 0.1) is 0 Å². The third-order valence-electron chi connectivity index (χ3n) is 1.86. The summed E-state index contributed by atoms with van der Waals surface area (Å²) in [4.78, 5) is 10.9. The van der Waals surface area contributed by atoms with Crippen molar-refractivity contribution in [2.45, 2.75) is 6.42 Å². The average Bonchev–Trinajstić information content (AvgIpc) is 2.28. The van der Waals surface area contributed by atoms with Crippen LogP contribution in [0.25, 0.3) is 0 Å². The van der Waals surface area contributed by atoms with Crippen LogP contribution in [0.5, 0.6) is 5.75 Å². The summed E-state index contributed by atoms with van der Waals surface area (Å²) in [7, 11) is 0. The Hall–Kier alpha value is -1.81. The third-order valence-corrected chi connectivity index (χ3v) is 1.86. The predicted octanol–water partition coefficient (Wildman–Crippen LogP) is 0.784. The highest BCUT2D eigenvalue weighted by atomic mass is 16.5. The maximum Gasteiger partial charge on any atom is 0.271 e. The van der Waals surface area contributed by atoms with Crippen LogP contribution in [0.1, 0.15) is 5.56 Å². The van der Waals surface area contributed by atoms with Crippen LogP contribution in [0.4, 0.5) is 0 Å². The van der Waals surface area contributed by atoms with E-state index in [4.69, 9.17) is 10.6 Å². The Morgan fingerprint density at radius 1 is 1.53 bits per heavy atom. The number of allylic oxidation sites excluding steroid dienone is 1. The first-order chi connectivity index (χ1) is 7.27. The highest BCUT2D eigenvalue weighted by molar-refractivity contribution is 5.76. The fraction of sp³-hybridized carbons (Fsp3) is 0.182. The molecule has 1 amide bonds. The molecule has 1 aromatic rings. The molecule has 80 valence electrons. The van der Waals surface area contributed by atoms with Gasteiger partial charge in [-0.2, -0.15) is 0 Å². The fourth-order valence-electron chi connectivity index (χ4n) is 1.15. The van der Waals surface area contributed by atoms with Gasteiger partial charge in [0.25, 0.3) is 5.91 Å². The number of ether oxygens (including phenoxy) is 1. The summed E-state index contributed by atoms with van der Waals surface area (Å²) in [5, 5.41) is 0. The number of hydrogen-bond donors (Lipinski definition) is 2. The number of nitrogens with one attached hydrogen (secondary N) is 1. The van der Waals surface area contributed by atoms with Gasteiger partial charge in [-0.1, -0.05) is 24.3 Å². The van der Waals surface area contributed by atoms with Gasteiger partial charge in [0.1, 0.15) is 5.75 Å². The molecule has 0 radical (unpaired) electrons. The minimum atomic E-state index is -0.358. The van der Waals surface area contributed by atoms with Gasteiger partial charge >= 0.3 is 0 Å². The average molecular weight is 206 g/mol. The second-order valence-corrected chi connectivity index (χ2v) is 2.96. The Kier molecular flexibility index (Phi) is 4.37. The zero-order valence-electron chi connectivity index (χ0n) is 8.40. The van der Waals surface area contributed by atoms with Crippen LogP contribution in [0.3, 0.4) is 0 Å². The summed E-state index contributed by atoms with van der Waals surface area (Å²) in [5.74, 6) is 5.26. The second kappa shape index (κ2) is 5.82. The number of carbonyl (C=O) groups is 1. The lowest BCUT2D eigenvalue weighted by Crippen LogP contribution is -2.34. The summed E-state index contributed by atoms with van der Waals surface area (Å²) >= 11 is 0. The molecule has 0 saturated heterocycles. The van der Waals surface area contributed by atoms with Crippen molar-refractivity contribution in [3.05, 3.63) is 42.5 Å². The zero-order valence-corrected chi connectivity index (χ0v) is 8.40. The fourth-order valence-corrected chi connectivity index (χ4v) is 1.15. The van der Waals surface area contributed by atoms with Crippen LogP contribution in [-0.2, 0) is 11.2 Å². The van der Waals surface area contributed by atoms with E-state index in [2.05, 4.69) is 6.58 Å². The van der Waals surface area contributed by atoms with Crippen molar-refractivity contribution in [1.29, 1.82) is 0 Å². The van der Waals surface area contributed by atoms with Crippen LogP contribution in [0.2, 0.25) is 0 Å². The Labute approximate surface area is 88.7 Å². The highest BCUT2D eigenvalue weighted by Crippen LogP contribution is 2.18. The van der Waals surface area contributed by atoms with Gasteiger partial charge in [-0.15, -0.1) is 6.58 Å². The zero-order chi connectivity index (χ0) is 11.1. The monoisotopic (exact) mass is 206 g/mol. The van der Waals surface area contributed by atoms with E-state index >= 15 is 0 Å². The molecular formula is C11H14N2O2.